The van der Waals surface area contributed by atoms with Crippen LogP contribution in [-0.4, -0.2) is 18.4 Å². The number of aromatic amines is 1. The summed E-state index contributed by atoms with van der Waals surface area (Å²) in [5.74, 6) is 0. The molecule has 0 radical (unpaired) electrons. The van der Waals surface area contributed by atoms with Crippen LogP contribution in [0.15, 0.2) is 47.5 Å². The topological polar surface area (TPSA) is 88.8 Å². The summed E-state index contributed by atoms with van der Waals surface area (Å²) in [6.07, 6.45) is 2.64. The standard InChI is InChI=1S/C15H15N3O2S.ClH/c1-2-11-9-14-13(7-8-17-15(14)18-11)10-3-5-12(6-4-10)21(16,19)20;/h3-9H,2H2,1H3,(H,17,18)(H2,16,19,20);1H. The highest BCUT2D eigenvalue weighted by Crippen LogP contribution is 2.28. The fraction of sp³-hybridized carbons (Fsp3) is 0.133. The van der Waals surface area contributed by atoms with Gasteiger partial charge < -0.3 is 4.98 Å². The number of hydrogen-bond donors (Lipinski definition) is 2. The Labute approximate surface area is 135 Å². The number of nitrogens with two attached hydrogens (primary N) is 1. The van der Waals surface area contributed by atoms with Gasteiger partial charge in [0.05, 0.1) is 4.90 Å². The third-order valence-electron chi connectivity index (χ3n) is 3.46. The van der Waals surface area contributed by atoms with Crippen LogP contribution in [0.5, 0.6) is 0 Å². The molecule has 22 heavy (non-hydrogen) atoms. The maximum absolute atomic E-state index is 11.3. The Kier molecular flexibility index (Phi) is 4.55. The van der Waals surface area contributed by atoms with E-state index in [1.807, 2.05) is 6.07 Å². The quantitative estimate of drug-likeness (QED) is 0.770. The van der Waals surface area contributed by atoms with Gasteiger partial charge in [-0.3, -0.25) is 0 Å². The average Bonchev–Trinajstić information content (AvgIpc) is 2.89. The number of primary sulfonamides is 1. The Balaban J connectivity index is 0.00000176. The van der Waals surface area contributed by atoms with Gasteiger partial charge in [0, 0.05) is 17.3 Å². The number of rotatable bonds is 3. The van der Waals surface area contributed by atoms with Crippen molar-refractivity contribution in [1.82, 2.24) is 9.97 Å². The van der Waals surface area contributed by atoms with Gasteiger partial charge in [-0.25, -0.2) is 18.5 Å². The predicted molar refractivity (Wildman–Crippen MR) is 89.5 cm³/mol. The molecule has 0 bridgehead atoms. The van der Waals surface area contributed by atoms with E-state index < -0.39 is 10.0 Å². The lowest BCUT2D eigenvalue weighted by Gasteiger charge is -2.04. The summed E-state index contributed by atoms with van der Waals surface area (Å²) < 4.78 is 22.6. The highest BCUT2D eigenvalue weighted by molar-refractivity contribution is 7.89. The largest absolute Gasteiger partial charge is 0.343 e. The molecule has 0 aliphatic carbocycles. The molecule has 2 heterocycles. The van der Waals surface area contributed by atoms with Gasteiger partial charge in [-0.2, -0.15) is 0 Å². The summed E-state index contributed by atoms with van der Waals surface area (Å²) in [4.78, 5) is 7.70. The first kappa shape index (κ1) is 16.5. The van der Waals surface area contributed by atoms with Crippen molar-refractivity contribution in [2.24, 2.45) is 5.14 Å². The van der Waals surface area contributed by atoms with Crippen molar-refractivity contribution in [3.05, 3.63) is 48.3 Å². The Bertz CT molecular complexity index is 902. The van der Waals surface area contributed by atoms with E-state index in [1.54, 1.807) is 18.3 Å². The van der Waals surface area contributed by atoms with Crippen molar-refractivity contribution < 1.29 is 8.42 Å². The van der Waals surface area contributed by atoms with Crippen molar-refractivity contribution in [3.63, 3.8) is 0 Å². The normalized spacial score (nSPS) is 11.4. The van der Waals surface area contributed by atoms with Crippen LogP contribution in [0.2, 0.25) is 0 Å². The number of sulfonamides is 1. The molecule has 1 aromatic carbocycles. The van der Waals surface area contributed by atoms with Crippen LogP contribution in [0.1, 0.15) is 12.6 Å². The molecule has 0 aliphatic rings. The van der Waals surface area contributed by atoms with Gasteiger partial charge in [0.1, 0.15) is 5.65 Å². The number of fused-ring (bicyclic) bond motifs is 1. The van der Waals surface area contributed by atoms with Gasteiger partial charge in [-0.15, -0.1) is 12.4 Å². The second kappa shape index (κ2) is 6.08. The molecule has 3 aromatic rings. The van der Waals surface area contributed by atoms with E-state index in [2.05, 4.69) is 23.0 Å². The van der Waals surface area contributed by atoms with Crippen molar-refractivity contribution in [2.75, 3.05) is 0 Å². The molecule has 116 valence electrons. The Morgan fingerprint density at radius 3 is 2.45 bits per heavy atom. The first-order valence-electron chi connectivity index (χ1n) is 6.59. The maximum atomic E-state index is 11.3. The zero-order valence-electron chi connectivity index (χ0n) is 11.9. The van der Waals surface area contributed by atoms with E-state index >= 15 is 0 Å². The highest BCUT2D eigenvalue weighted by Gasteiger charge is 2.10. The molecule has 0 unspecified atom stereocenters. The minimum absolute atomic E-state index is 0. The Morgan fingerprint density at radius 2 is 1.86 bits per heavy atom. The van der Waals surface area contributed by atoms with Crippen molar-refractivity contribution >= 4 is 33.5 Å². The lowest BCUT2D eigenvalue weighted by Crippen LogP contribution is -2.11. The van der Waals surface area contributed by atoms with Crippen LogP contribution in [0.4, 0.5) is 0 Å². The zero-order chi connectivity index (χ0) is 15.0. The van der Waals surface area contributed by atoms with Gasteiger partial charge in [-0.1, -0.05) is 19.1 Å². The number of benzene rings is 1. The minimum Gasteiger partial charge on any atom is -0.343 e. The molecule has 0 saturated carbocycles. The number of aryl methyl sites for hydroxylation is 1. The van der Waals surface area contributed by atoms with Crippen molar-refractivity contribution in [2.45, 2.75) is 18.2 Å². The number of hydrogen-bond acceptors (Lipinski definition) is 3. The number of nitrogens with one attached hydrogen (secondary N) is 1. The van der Waals surface area contributed by atoms with Crippen LogP contribution in [0, 0.1) is 0 Å². The van der Waals surface area contributed by atoms with Crippen LogP contribution in [0.3, 0.4) is 0 Å². The number of halogens is 1. The molecule has 0 amide bonds. The molecule has 0 fully saturated rings. The monoisotopic (exact) mass is 337 g/mol. The van der Waals surface area contributed by atoms with Crippen LogP contribution < -0.4 is 5.14 Å². The molecule has 2 aromatic heterocycles. The van der Waals surface area contributed by atoms with Crippen LogP contribution >= 0.6 is 12.4 Å². The highest BCUT2D eigenvalue weighted by atomic mass is 35.5. The summed E-state index contributed by atoms with van der Waals surface area (Å²) in [6, 6.07) is 10.5. The van der Waals surface area contributed by atoms with E-state index in [1.165, 1.54) is 12.1 Å². The average molecular weight is 338 g/mol. The van der Waals surface area contributed by atoms with E-state index in [-0.39, 0.29) is 17.3 Å². The molecule has 0 spiro atoms. The molecular weight excluding hydrogens is 322 g/mol. The Hall–Kier alpha value is -1.89. The van der Waals surface area contributed by atoms with Gasteiger partial charge in [0.2, 0.25) is 10.0 Å². The summed E-state index contributed by atoms with van der Waals surface area (Å²) >= 11 is 0. The SMILES string of the molecule is CCc1cc2c(-c3ccc(S(N)(=O)=O)cc3)ccnc2[nH]1.Cl. The first-order chi connectivity index (χ1) is 9.99. The number of pyridine rings is 1. The van der Waals surface area contributed by atoms with Crippen LogP contribution in [0.25, 0.3) is 22.2 Å². The molecule has 0 aliphatic heterocycles. The molecule has 7 heteroatoms. The van der Waals surface area contributed by atoms with E-state index in [9.17, 15) is 8.42 Å². The summed E-state index contributed by atoms with van der Waals surface area (Å²) in [7, 11) is -3.66. The number of nitrogens with zero attached hydrogens (tertiary/aromatic N) is 1. The zero-order valence-corrected chi connectivity index (χ0v) is 13.5. The number of H-pyrrole nitrogens is 1. The smallest absolute Gasteiger partial charge is 0.238 e. The summed E-state index contributed by atoms with van der Waals surface area (Å²) in [5, 5.41) is 6.14. The third-order valence-corrected chi connectivity index (χ3v) is 4.39. The van der Waals surface area contributed by atoms with Gasteiger partial charge >= 0.3 is 0 Å². The molecule has 0 saturated heterocycles. The first-order valence-corrected chi connectivity index (χ1v) is 8.13. The van der Waals surface area contributed by atoms with E-state index in [0.717, 1.165) is 34.3 Å². The van der Waals surface area contributed by atoms with E-state index in [0.29, 0.717) is 0 Å². The maximum Gasteiger partial charge on any atom is 0.238 e. The molecule has 3 rings (SSSR count). The second-order valence-corrected chi connectivity index (χ2v) is 6.40. The molecule has 0 atom stereocenters. The molecule has 3 N–H and O–H groups in total. The number of aromatic nitrogens is 2. The van der Waals surface area contributed by atoms with Gasteiger partial charge in [0.25, 0.3) is 0 Å². The lowest BCUT2D eigenvalue weighted by atomic mass is 10.0. The minimum atomic E-state index is -3.66. The summed E-state index contributed by atoms with van der Waals surface area (Å²) in [5.41, 5.74) is 3.89. The fourth-order valence-corrected chi connectivity index (χ4v) is 2.86. The van der Waals surface area contributed by atoms with Gasteiger partial charge in [-0.05, 0) is 41.8 Å². The van der Waals surface area contributed by atoms with Gasteiger partial charge in [0.15, 0.2) is 0 Å². The molecule has 5 nitrogen and oxygen atoms in total. The second-order valence-electron chi connectivity index (χ2n) is 4.84. The summed E-state index contributed by atoms with van der Waals surface area (Å²) in [6.45, 7) is 2.07. The van der Waals surface area contributed by atoms with Crippen molar-refractivity contribution in [3.8, 4) is 11.1 Å². The fourth-order valence-electron chi connectivity index (χ4n) is 2.35. The lowest BCUT2D eigenvalue weighted by molar-refractivity contribution is 0.598. The van der Waals surface area contributed by atoms with E-state index in [4.69, 9.17) is 5.14 Å². The molecular formula is C15H16ClN3O2S. The third kappa shape index (κ3) is 2.99. The van der Waals surface area contributed by atoms with Crippen LogP contribution in [-0.2, 0) is 16.4 Å². The predicted octanol–water partition coefficient (Wildman–Crippen LogP) is 2.86. The van der Waals surface area contributed by atoms with Crippen molar-refractivity contribution in [1.29, 1.82) is 0 Å². The Morgan fingerprint density at radius 1 is 1.18 bits per heavy atom.